The molecule has 0 fully saturated rings. The Morgan fingerprint density at radius 3 is 2.44 bits per heavy atom. The van der Waals surface area contributed by atoms with Crippen molar-refractivity contribution in [2.45, 2.75) is 64.6 Å². The van der Waals surface area contributed by atoms with Crippen LogP contribution >= 0.6 is 0 Å². The first-order chi connectivity index (χ1) is 12.6. The molecule has 3 heteroatoms. The summed E-state index contributed by atoms with van der Waals surface area (Å²) < 4.78 is 6.82. The Hall–Kier alpha value is -1.79. The molecule has 0 saturated heterocycles. The molecule has 27 heavy (non-hydrogen) atoms. The van der Waals surface area contributed by atoms with Gasteiger partial charge >= 0.3 is 0 Å². The molecule has 0 unspecified atom stereocenters. The van der Waals surface area contributed by atoms with Gasteiger partial charge in [-0.05, 0) is 48.0 Å². The van der Waals surface area contributed by atoms with Crippen LogP contribution in [-0.2, 0) is 9.22 Å². The summed E-state index contributed by atoms with van der Waals surface area (Å²) in [5.74, 6) is 7.67. The molecular formula is C24H32O2Si. The van der Waals surface area contributed by atoms with Gasteiger partial charge in [0.15, 0.2) is 0 Å². The zero-order valence-electron chi connectivity index (χ0n) is 17.5. The van der Waals surface area contributed by atoms with Crippen molar-refractivity contribution >= 4 is 14.1 Å². The van der Waals surface area contributed by atoms with Crippen LogP contribution in [0.1, 0.15) is 52.0 Å². The van der Waals surface area contributed by atoms with Gasteiger partial charge in [-0.1, -0.05) is 63.9 Å². The van der Waals surface area contributed by atoms with E-state index in [2.05, 4.69) is 70.8 Å². The highest BCUT2D eigenvalue weighted by Crippen LogP contribution is 2.48. The van der Waals surface area contributed by atoms with Crippen molar-refractivity contribution in [1.82, 2.24) is 0 Å². The molecule has 2 bridgehead atoms. The zero-order valence-corrected chi connectivity index (χ0v) is 18.5. The van der Waals surface area contributed by atoms with Crippen LogP contribution in [-0.4, -0.2) is 14.1 Å². The summed E-state index contributed by atoms with van der Waals surface area (Å²) >= 11 is 0. The third kappa shape index (κ3) is 3.92. The number of allylic oxidation sites excluding steroid dienone is 2. The van der Waals surface area contributed by atoms with E-state index in [4.69, 9.17) is 4.43 Å². The minimum absolute atomic E-state index is 0.0390. The van der Waals surface area contributed by atoms with E-state index in [-0.39, 0.29) is 34.5 Å². The Balaban J connectivity index is 2.08. The summed E-state index contributed by atoms with van der Waals surface area (Å²) in [5.41, 5.74) is 1.18. The van der Waals surface area contributed by atoms with E-state index < -0.39 is 8.32 Å². The largest absolute Gasteiger partial charge is 0.547 e. The summed E-state index contributed by atoms with van der Waals surface area (Å²) in [6, 6.07) is 10.4. The fourth-order valence-electron chi connectivity index (χ4n) is 4.04. The maximum absolute atomic E-state index is 12.9. The summed E-state index contributed by atoms with van der Waals surface area (Å²) in [7, 11) is -1.94. The fourth-order valence-corrected chi connectivity index (χ4v) is 5.16. The van der Waals surface area contributed by atoms with Crippen LogP contribution in [0.2, 0.25) is 18.1 Å². The summed E-state index contributed by atoms with van der Waals surface area (Å²) in [5, 5.41) is 0.146. The Morgan fingerprint density at radius 2 is 1.81 bits per heavy atom. The molecule has 0 spiro atoms. The maximum Gasteiger partial charge on any atom is 0.250 e. The van der Waals surface area contributed by atoms with E-state index in [1.807, 2.05) is 18.2 Å². The van der Waals surface area contributed by atoms with Gasteiger partial charge in [0.1, 0.15) is 0 Å². The van der Waals surface area contributed by atoms with Crippen molar-refractivity contribution in [3.05, 3.63) is 47.7 Å². The van der Waals surface area contributed by atoms with Crippen molar-refractivity contribution in [3.63, 3.8) is 0 Å². The van der Waals surface area contributed by atoms with Crippen LogP contribution in [0, 0.1) is 29.6 Å². The molecule has 4 atom stereocenters. The molecule has 2 nitrogen and oxygen atoms in total. The lowest BCUT2D eigenvalue weighted by Crippen LogP contribution is -2.44. The molecule has 2 aliphatic carbocycles. The number of hydrogen-bond donors (Lipinski definition) is 0. The third-order valence-corrected chi connectivity index (χ3v) is 11.1. The average Bonchev–Trinajstić information content (AvgIpc) is 2.58. The first-order valence-corrected chi connectivity index (χ1v) is 13.0. The smallest absolute Gasteiger partial charge is 0.250 e. The monoisotopic (exact) mass is 380 g/mol. The average molecular weight is 381 g/mol. The van der Waals surface area contributed by atoms with E-state index in [1.165, 1.54) is 5.56 Å². The van der Waals surface area contributed by atoms with Crippen molar-refractivity contribution in [3.8, 4) is 11.8 Å². The minimum Gasteiger partial charge on any atom is -0.547 e. The Labute approximate surface area is 165 Å². The molecule has 0 heterocycles. The second-order valence-electron chi connectivity index (χ2n) is 9.56. The number of rotatable bonds is 3. The molecule has 0 amide bonds. The van der Waals surface area contributed by atoms with Gasteiger partial charge in [-0.15, -0.1) is 0 Å². The van der Waals surface area contributed by atoms with Gasteiger partial charge in [-0.3, -0.25) is 4.79 Å². The molecule has 144 valence electrons. The lowest BCUT2D eigenvalue weighted by molar-refractivity contribution is -0.120. The second kappa shape index (κ2) is 7.32. The Bertz CT molecular complexity index is 789. The highest BCUT2D eigenvalue weighted by molar-refractivity contribution is 6.74. The quantitative estimate of drug-likeness (QED) is 0.369. The number of ketones is 1. The topological polar surface area (TPSA) is 26.3 Å². The van der Waals surface area contributed by atoms with Crippen molar-refractivity contribution in [2.24, 2.45) is 17.8 Å². The molecule has 3 rings (SSSR count). The molecule has 1 aromatic rings. The first kappa shape index (κ1) is 20.0. The number of carbonyl (C=O) groups is 1. The van der Waals surface area contributed by atoms with Gasteiger partial charge < -0.3 is 4.43 Å². The summed E-state index contributed by atoms with van der Waals surface area (Å²) in [6.45, 7) is 13.6. The molecule has 1 aromatic carbocycles. The lowest BCUT2D eigenvalue weighted by atomic mass is 9.65. The van der Waals surface area contributed by atoms with Crippen LogP contribution in [0.25, 0.3) is 0 Å². The van der Waals surface area contributed by atoms with Crippen LogP contribution in [0.4, 0.5) is 0 Å². The normalized spacial score (nSPS) is 28.4. The highest BCUT2D eigenvalue weighted by Gasteiger charge is 2.46. The molecule has 2 aliphatic rings. The highest BCUT2D eigenvalue weighted by atomic mass is 28.4. The van der Waals surface area contributed by atoms with E-state index in [0.717, 1.165) is 18.6 Å². The van der Waals surface area contributed by atoms with E-state index in [9.17, 15) is 4.79 Å². The maximum atomic E-state index is 12.9. The van der Waals surface area contributed by atoms with Gasteiger partial charge in [-0.25, -0.2) is 0 Å². The van der Waals surface area contributed by atoms with Crippen molar-refractivity contribution in [1.29, 1.82) is 0 Å². The van der Waals surface area contributed by atoms with Crippen LogP contribution in [0.3, 0.4) is 0 Å². The van der Waals surface area contributed by atoms with Crippen LogP contribution in [0.15, 0.2) is 42.2 Å². The number of Topliss-reactive ketones (excluding diaryl/α,β-unsaturated/α-hetero) is 1. The van der Waals surface area contributed by atoms with Gasteiger partial charge in [0.05, 0.1) is 5.76 Å². The van der Waals surface area contributed by atoms with E-state index in [1.54, 1.807) is 0 Å². The summed E-state index contributed by atoms with van der Waals surface area (Å²) in [4.78, 5) is 12.9. The molecule has 0 radical (unpaired) electrons. The predicted octanol–water partition coefficient (Wildman–Crippen LogP) is 5.92. The summed E-state index contributed by atoms with van der Waals surface area (Å²) in [6.07, 6.45) is 4.00. The minimum atomic E-state index is -1.94. The number of hydrogen-bond acceptors (Lipinski definition) is 2. The van der Waals surface area contributed by atoms with E-state index in [0.29, 0.717) is 0 Å². The lowest BCUT2D eigenvalue weighted by Gasteiger charge is -2.45. The van der Waals surface area contributed by atoms with Crippen molar-refractivity contribution < 1.29 is 9.22 Å². The van der Waals surface area contributed by atoms with Crippen LogP contribution in [0.5, 0.6) is 0 Å². The van der Waals surface area contributed by atoms with Crippen molar-refractivity contribution in [2.75, 3.05) is 0 Å². The fraction of sp³-hybridized carbons (Fsp3) is 0.542. The first-order valence-electron chi connectivity index (χ1n) is 10.1. The standard InChI is InChI=1S/C24H32O2Si/c1-17-19-14-10-11-15-21(25)23(17)20(18-12-8-7-9-13-18)16-22(19)26-27(5,6)24(2,3)4/h7-9,12-13,16-17,19-20,23H,10,14H2,1-6H3/t17-,19-,20+,23+/m0/s1. The van der Waals surface area contributed by atoms with Gasteiger partial charge in [0, 0.05) is 24.2 Å². The van der Waals surface area contributed by atoms with Gasteiger partial charge in [-0.2, -0.15) is 0 Å². The number of fused-ring (bicyclic) bond motifs is 2. The molecule has 0 aromatic heterocycles. The second-order valence-corrected chi connectivity index (χ2v) is 14.3. The predicted molar refractivity (Wildman–Crippen MR) is 114 cm³/mol. The molecular weight excluding hydrogens is 348 g/mol. The Morgan fingerprint density at radius 1 is 1.15 bits per heavy atom. The number of benzene rings is 1. The van der Waals surface area contributed by atoms with Gasteiger partial charge in [0.25, 0.3) is 0 Å². The molecule has 0 saturated carbocycles. The Kier molecular flexibility index (Phi) is 5.41. The van der Waals surface area contributed by atoms with Gasteiger partial charge in [0.2, 0.25) is 14.1 Å². The molecule has 0 aliphatic heterocycles. The SMILES string of the molecule is C[C@@H]1[C@H]2C(=O)C#CCC[C@@H]1C(O[Si](C)(C)C(C)(C)C)=C[C@@H]2c1ccccc1. The number of carbonyl (C=O) groups excluding carboxylic acids is 1. The zero-order chi connectivity index (χ0) is 19.8. The third-order valence-electron chi connectivity index (χ3n) is 6.76. The van der Waals surface area contributed by atoms with Crippen LogP contribution < -0.4 is 0 Å². The molecule has 0 N–H and O–H groups in total. The van der Waals surface area contributed by atoms with E-state index >= 15 is 0 Å².